The molecule has 0 aliphatic carbocycles. The fourth-order valence-electron chi connectivity index (χ4n) is 5.66. The molecule has 242 valence electrons. The molecule has 0 saturated carbocycles. The van der Waals surface area contributed by atoms with Crippen molar-refractivity contribution in [1.82, 2.24) is 9.80 Å². The van der Waals surface area contributed by atoms with Gasteiger partial charge < -0.3 is 14.7 Å². The second-order valence-electron chi connectivity index (χ2n) is 12.0. The molecule has 4 aromatic carbocycles. The molecule has 10 heteroatoms. The van der Waals surface area contributed by atoms with Gasteiger partial charge in [-0.05, 0) is 73.1 Å². The number of nitrogens with zero attached hydrogens (tertiary/aromatic N) is 2. The zero-order chi connectivity index (χ0) is 32.8. The summed E-state index contributed by atoms with van der Waals surface area (Å²) in [6.45, 7) is 5.30. The Morgan fingerprint density at radius 2 is 1.67 bits per heavy atom. The summed E-state index contributed by atoms with van der Waals surface area (Å²) in [6, 6.07) is 27.7. The standard InChI is InChI=1S/C36H40FN3O5S/c1-25-21-40(26(2)24-41)36(42)20-30-19-32(38-46(43,44)33-16-13-31(37)14-17-33)15-18-34(30)45-35(25)23-39(3)22-27-9-11-29(12-10-27)28-7-5-4-6-8-28/h4-19,25-26,35,38,41H,20-24H2,1-3H3/t25-,26+,35+/m0/s1. The minimum absolute atomic E-state index is 0.0329. The maximum Gasteiger partial charge on any atom is 0.261 e. The number of likely N-dealkylation sites (N-methyl/N-ethyl adjacent to an activating group) is 1. The quantitative estimate of drug-likeness (QED) is 0.234. The number of aliphatic hydroxyl groups excluding tert-OH is 1. The van der Waals surface area contributed by atoms with Gasteiger partial charge in [-0.1, -0.05) is 61.5 Å². The highest BCUT2D eigenvalue weighted by molar-refractivity contribution is 7.92. The van der Waals surface area contributed by atoms with E-state index in [1.165, 1.54) is 12.1 Å². The molecule has 0 bridgehead atoms. The van der Waals surface area contributed by atoms with Gasteiger partial charge in [0.05, 0.1) is 24.0 Å². The molecule has 1 aliphatic heterocycles. The van der Waals surface area contributed by atoms with Crippen LogP contribution in [0.5, 0.6) is 5.75 Å². The smallest absolute Gasteiger partial charge is 0.261 e. The molecule has 46 heavy (non-hydrogen) atoms. The van der Waals surface area contributed by atoms with Crippen molar-refractivity contribution in [2.75, 3.05) is 31.5 Å². The Labute approximate surface area is 270 Å². The number of carbonyl (C=O) groups excluding carboxylic acids is 1. The maximum absolute atomic E-state index is 13.6. The van der Waals surface area contributed by atoms with Crippen LogP contribution in [0.4, 0.5) is 10.1 Å². The van der Waals surface area contributed by atoms with Gasteiger partial charge >= 0.3 is 0 Å². The van der Waals surface area contributed by atoms with E-state index in [4.69, 9.17) is 4.74 Å². The number of aliphatic hydroxyl groups is 1. The molecular weight excluding hydrogens is 605 g/mol. The molecule has 0 spiro atoms. The van der Waals surface area contributed by atoms with Crippen LogP contribution in [0.3, 0.4) is 0 Å². The third kappa shape index (κ3) is 8.12. The van der Waals surface area contributed by atoms with Crippen molar-refractivity contribution in [3.63, 3.8) is 0 Å². The van der Waals surface area contributed by atoms with Crippen LogP contribution in [0.2, 0.25) is 0 Å². The molecule has 0 saturated heterocycles. The molecular formula is C36H40FN3O5S. The highest BCUT2D eigenvalue weighted by Crippen LogP contribution is 2.30. The van der Waals surface area contributed by atoms with Crippen molar-refractivity contribution in [2.24, 2.45) is 5.92 Å². The van der Waals surface area contributed by atoms with Gasteiger partial charge in [0, 0.05) is 36.8 Å². The second kappa shape index (κ2) is 14.5. The zero-order valence-electron chi connectivity index (χ0n) is 26.3. The van der Waals surface area contributed by atoms with Gasteiger partial charge in [0.25, 0.3) is 10.0 Å². The lowest BCUT2D eigenvalue weighted by Gasteiger charge is -2.34. The molecule has 4 aromatic rings. The Morgan fingerprint density at radius 1 is 1.00 bits per heavy atom. The number of ether oxygens (including phenoxy) is 1. The highest BCUT2D eigenvalue weighted by Gasteiger charge is 2.31. The minimum atomic E-state index is -4.00. The first-order chi connectivity index (χ1) is 22.0. The van der Waals surface area contributed by atoms with Crippen LogP contribution in [0, 0.1) is 11.7 Å². The first-order valence-electron chi connectivity index (χ1n) is 15.3. The molecule has 1 amide bonds. The van der Waals surface area contributed by atoms with Crippen LogP contribution >= 0.6 is 0 Å². The third-order valence-electron chi connectivity index (χ3n) is 8.30. The third-order valence-corrected chi connectivity index (χ3v) is 9.70. The first-order valence-corrected chi connectivity index (χ1v) is 16.8. The largest absolute Gasteiger partial charge is 0.488 e. The van der Waals surface area contributed by atoms with E-state index in [1.54, 1.807) is 30.0 Å². The summed E-state index contributed by atoms with van der Waals surface area (Å²) >= 11 is 0. The number of benzene rings is 4. The normalized spacial score (nSPS) is 17.8. The summed E-state index contributed by atoms with van der Waals surface area (Å²) in [4.78, 5) is 17.3. The molecule has 2 N–H and O–H groups in total. The Balaban J connectivity index is 1.37. The molecule has 5 rings (SSSR count). The van der Waals surface area contributed by atoms with Crippen molar-refractivity contribution < 1.29 is 27.4 Å². The van der Waals surface area contributed by atoms with E-state index in [1.807, 2.05) is 32.2 Å². The molecule has 0 aromatic heterocycles. The molecule has 1 aliphatic rings. The van der Waals surface area contributed by atoms with E-state index in [2.05, 4.69) is 46.0 Å². The Bertz CT molecular complexity index is 1730. The lowest BCUT2D eigenvalue weighted by molar-refractivity contribution is -0.134. The number of hydrogen-bond donors (Lipinski definition) is 2. The summed E-state index contributed by atoms with van der Waals surface area (Å²) in [5, 5.41) is 9.95. The first kappa shape index (κ1) is 33.1. The number of hydrogen-bond acceptors (Lipinski definition) is 6. The monoisotopic (exact) mass is 645 g/mol. The maximum atomic E-state index is 13.6. The average molecular weight is 646 g/mol. The topological polar surface area (TPSA) is 99.2 Å². The van der Waals surface area contributed by atoms with Crippen LogP contribution in [0.15, 0.2) is 102 Å². The van der Waals surface area contributed by atoms with Crippen LogP contribution in [-0.2, 0) is 27.8 Å². The van der Waals surface area contributed by atoms with Crippen molar-refractivity contribution in [3.8, 4) is 16.9 Å². The lowest BCUT2D eigenvalue weighted by Crippen LogP contribution is -2.47. The molecule has 0 fully saturated rings. The molecule has 0 unspecified atom stereocenters. The van der Waals surface area contributed by atoms with E-state index in [0.717, 1.165) is 28.8 Å². The number of nitrogens with one attached hydrogen (secondary N) is 1. The SMILES string of the molecule is C[C@H](CO)N1C[C@H](C)[C@@H](CN(C)Cc2ccc(-c3ccccc3)cc2)Oc2ccc(NS(=O)(=O)c3ccc(F)cc3)cc2CC1=O. The van der Waals surface area contributed by atoms with Crippen molar-refractivity contribution in [3.05, 3.63) is 114 Å². The number of halogens is 1. The van der Waals surface area contributed by atoms with E-state index < -0.39 is 21.9 Å². The number of sulfonamides is 1. The van der Waals surface area contributed by atoms with Gasteiger partial charge in [0.15, 0.2) is 0 Å². The number of fused-ring (bicyclic) bond motifs is 1. The van der Waals surface area contributed by atoms with E-state index >= 15 is 0 Å². The average Bonchev–Trinajstić information content (AvgIpc) is 3.08. The van der Waals surface area contributed by atoms with Gasteiger partial charge in [0.1, 0.15) is 17.7 Å². The minimum Gasteiger partial charge on any atom is -0.488 e. The summed E-state index contributed by atoms with van der Waals surface area (Å²) in [6.07, 6.45) is -0.345. The van der Waals surface area contributed by atoms with Gasteiger partial charge in [-0.25, -0.2) is 12.8 Å². The van der Waals surface area contributed by atoms with Gasteiger partial charge in [0.2, 0.25) is 5.91 Å². The van der Waals surface area contributed by atoms with E-state index in [0.29, 0.717) is 30.9 Å². The van der Waals surface area contributed by atoms with Gasteiger partial charge in [-0.15, -0.1) is 0 Å². The predicted octanol–water partition coefficient (Wildman–Crippen LogP) is 5.57. The fraction of sp³-hybridized carbons (Fsp3) is 0.306. The molecule has 1 heterocycles. The van der Waals surface area contributed by atoms with Crippen molar-refractivity contribution >= 4 is 21.6 Å². The van der Waals surface area contributed by atoms with Crippen LogP contribution in [-0.4, -0.2) is 68.1 Å². The van der Waals surface area contributed by atoms with Crippen molar-refractivity contribution in [2.45, 2.75) is 43.9 Å². The summed E-state index contributed by atoms with van der Waals surface area (Å²) in [7, 11) is -1.97. The van der Waals surface area contributed by atoms with E-state index in [9.17, 15) is 22.7 Å². The predicted molar refractivity (Wildman–Crippen MR) is 177 cm³/mol. The van der Waals surface area contributed by atoms with Crippen LogP contribution < -0.4 is 9.46 Å². The Hall–Kier alpha value is -4.25. The van der Waals surface area contributed by atoms with Gasteiger partial charge in [-0.3, -0.25) is 14.4 Å². The van der Waals surface area contributed by atoms with Crippen molar-refractivity contribution in [1.29, 1.82) is 0 Å². The van der Waals surface area contributed by atoms with E-state index in [-0.39, 0.29) is 41.5 Å². The van der Waals surface area contributed by atoms with Crippen LogP contribution in [0.25, 0.3) is 11.1 Å². The fourth-order valence-corrected chi connectivity index (χ4v) is 6.70. The molecule has 0 radical (unpaired) electrons. The Kier molecular flexibility index (Phi) is 10.4. The van der Waals surface area contributed by atoms with Crippen LogP contribution in [0.1, 0.15) is 25.0 Å². The van der Waals surface area contributed by atoms with Gasteiger partial charge in [-0.2, -0.15) is 0 Å². The number of rotatable bonds is 10. The summed E-state index contributed by atoms with van der Waals surface area (Å²) < 4.78 is 48.5. The number of carbonyl (C=O) groups is 1. The highest BCUT2D eigenvalue weighted by atomic mass is 32.2. The zero-order valence-corrected chi connectivity index (χ0v) is 27.1. The Morgan fingerprint density at radius 3 is 2.35 bits per heavy atom. The molecule has 3 atom stereocenters. The number of anilines is 1. The summed E-state index contributed by atoms with van der Waals surface area (Å²) in [5.41, 5.74) is 4.25. The summed E-state index contributed by atoms with van der Waals surface area (Å²) in [5.74, 6) is -0.314. The second-order valence-corrected chi connectivity index (χ2v) is 13.7. The molecule has 8 nitrogen and oxygen atoms in total. The lowest BCUT2D eigenvalue weighted by atomic mass is 10.0. The number of amides is 1.